The molecule has 0 aromatic carbocycles. The van der Waals surface area contributed by atoms with Crippen LogP contribution in [0.5, 0.6) is 0 Å². The number of quaternary nitrogens is 1. The van der Waals surface area contributed by atoms with Gasteiger partial charge in [0.1, 0.15) is 13.2 Å². The highest BCUT2D eigenvalue weighted by molar-refractivity contribution is 5.71. The molecule has 105 heavy (non-hydrogen) atoms. The summed E-state index contributed by atoms with van der Waals surface area (Å²) in [4.78, 5) is 37.8. The summed E-state index contributed by atoms with van der Waals surface area (Å²) >= 11 is 0. The van der Waals surface area contributed by atoms with Gasteiger partial charge < -0.3 is 28.5 Å². The maximum absolute atomic E-state index is 13.0. The average Bonchev–Trinajstić information content (AvgIpc) is 1.18. The van der Waals surface area contributed by atoms with Crippen molar-refractivity contribution >= 4 is 17.9 Å². The van der Waals surface area contributed by atoms with Crippen LogP contribution in [0, 0.1) is 0 Å². The third-order valence-corrected chi connectivity index (χ3v) is 19.7. The first-order chi connectivity index (χ1) is 51.6. The molecular weight excluding hydrogens is 1300 g/mol. The number of esters is 2. The number of unbranched alkanes of at least 4 members (excludes halogenated alkanes) is 48. The van der Waals surface area contributed by atoms with E-state index < -0.39 is 18.4 Å². The van der Waals surface area contributed by atoms with Crippen LogP contribution in [0.1, 0.15) is 412 Å². The molecule has 9 heteroatoms. The number of rotatable bonds is 83. The zero-order valence-electron chi connectivity index (χ0n) is 69.6. The lowest BCUT2D eigenvalue weighted by atomic mass is 10.0. The molecule has 0 aliphatic carbocycles. The minimum absolute atomic E-state index is 0.179. The van der Waals surface area contributed by atoms with Gasteiger partial charge in [0.2, 0.25) is 0 Å². The lowest BCUT2D eigenvalue weighted by Gasteiger charge is -2.25. The van der Waals surface area contributed by atoms with Gasteiger partial charge in [-0.25, -0.2) is 4.79 Å². The second-order valence-corrected chi connectivity index (χ2v) is 31.1. The number of allylic oxidation sites excluding steroid dienone is 20. The van der Waals surface area contributed by atoms with Crippen molar-refractivity contribution in [1.82, 2.24) is 0 Å². The molecule has 0 amide bonds. The molecule has 2 atom stereocenters. The first-order valence-corrected chi connectivity index (χ1v) is 44.7. The summed E-state index contributed by atoms with van der Waals surface area (Å²) in [5, 5.41) is 9.80. The first kappa shape index (κ1) is 101. The number of nitrogens with zero attached hydrogens (tertiary/aromatic N) is 1. The second kappa shape index (κ2) is 85.3. The molecule has 606 valence electrons. The summed E-state index contributed by atoms with van der Waals surface area (Å²) in [5.74, 6) is -1.98. The van der Waals surface area contributed by atoms with Crippen LogP contribution in [0.25, 0.3) is 0 Å². The number of carboxylic acids is 1. The van der Waals surface area contributed by atoms with Gasteiger partial charge in [-0.3, -0.25) is 9.59 Å². The van der Waals surface area contributed by atoms with Gasteiger partial charge in [-0.05, 0) is 103 Å². The van der Waals surface area contributed by atoms with Crippen molar-refractivity contribution in [3.63, 3.8) is 0 Å². The van der Waals surface area contributed by atoms with Gasteiger partial charge in [-0.1, -0.05) is 418 Å². The lowest BCUT2D eigenvalue weighted by molar-refractivity contribution is -0.870. The average molecular weight is 1470 g/mol. The van der Waals surface area contributed by atoms with Gasteiger partial charge >= 0.3 is 17.9 Å². The standard InChI is InChI=1S/C96H169NO8/c1-6-8-10-12-14-16-18-20-22-24-26-28-30-32-34-36-38-40-42-44-46-47-49-51-53-55-57-59-61-63-65-67-69-71-73-75-77-79-81-83-85-87-94(99)105-92(91-104-96(95(100)101)102-89-88-97(3,4)5)90-103-93(98)86-84-82-80-78-76-74-72-70-68-66-64-62-60-58-56-54-52-50-48-45-43-41-39-37-35-33-31-29-27-25-23-21-19-17-15-13-11-9-7-2/h8-11,14-17,20-23,26-29,32,34,38,40,92,96H,6-7,12-13,18-19,24-25,30-31,33,35-37,39,41-91H2,1-5H3/p+1/b10-8-,11-9-,16-14-,17-15-,22-20-,23-21-,28-26-,29-27-,34-32-,40-38-. The van der Waals surface area contributed by atoms with Crippen LogP contribution in [-0.4, -0.2) is 87.4 Å². The number of hydrogen-bond acceptors (Lipinski definition) is 7. The number of carbonyl (C=O) groups is 3. The Morgan fingerprint density at radius 1 is 0.286 bits per heavy atom. The first-order valence-electron chi connectivity index (χ1n) is 44.7. The minimum Gasteiger partial charge on any atom is -0.477 e. The quantitative estimate of drug-likeness (QED) is 0.0211. The number of hydrogen-bond donors (Lipinski definition) is 1. The molecule has 0 heterocycles. The van der Waals surface area contributed by atoms with E-state index in [0.29, 0.717) is 17.4 Å². The van der Waals surface area contributed by atoms with Crippen molar-refractivity contribution in [2.75, 3.05) is 47.5 Å². The van der Waals surface area contributed by atoms with E-state index in [1.165, 1.54) is 283 Å². The van der Waals surface area contributed by atoms with E-state index in [-0.39, 0.29) is 38.2 Å². The molecule has 9 nitrogen and oxygen atoms in total. The van der Waals surface area contributed by atoms with Crippen LogP contribution < -0.4 is 0 Å². The molecule has 0 saturated carbocycles. The Morgan fingerprint density at radius 3 is 0.762 bits per heavy atom. The Balaban J connectivity index is 3.92. The monoisotopic (exact) mass is 1470 g/mol. The van der Waals surface area contributed by atoms with E-state index in [1.807, 2.05) is 21.1 Å². The summed E-state index contributed by atoms with van der Waals surface area (Å²) in [6, 6.07) is 0. The molecule has 0 bridgehead atoms. The Kier molecular flexibility index (Phi) is 81.8. The summed E-state index contributed by atoms with van der Waals surface area (Å²) in [7, 11) is 6.00. The SMILES string of the molecule is CC/C=C\C/C=C\C/C=C\C/C=C\C/C=C\C/C=C\CCCCCCCCCCCCCCCCCCCCCCCCC(=O)OC(COC(=O)CCCCCCCCCCCCCCCCCCCCCCCCCCCC/C=C\C/C=C\C/C=C\C/C=C\CC)COC(OCC[N+](C)(C)C)C(=O)O. The topological polar surface area (TPSA) is 108 Å². The van der Waals surface area contributed by atoms with Crippen LogP contribution in [0.3, 0.4) is 0 Å². The van der Waals surface area contributed by atoms with E-state index in [4.69, 9.17) is 18.9 Å². The number of aliphatic carboxylic acids is 1. The zero-order chi connectivity index (χ0) is 76.0. The second-order valence-electron chi connectivity index (χ2n) is 31.1. The van der Waals surface area contributed by atoms with Crippen molar-refractivity contribution < 1.29 is 42.9 Å². The molecule has 0 radical (unpaired) electrons. The summed E-state index contributed by atoms with van der Waals surface area (Å²) in [6.07, 6.45) is 120. The Labute approximate surface area is 650 Å². The number of likely N-dealkylation sites (N-methyl/N-ethyl adjacent to an activating group) is 1. The Morgan fingerprint density at radius 2 is 0.514 bits per heavy atom. The summed E-state index contributed by atoms with van der Waals surface area (Å²) < 4.78 is 23.1. The predicted octanol–water partition coefficient (Wildman–Crippen LogP) is 29.4. The van der Waals surface area contributed by atoms with Crippen LogP contribution in [-0.2, 0) is 33.3 Å². The van der Waals surface area contributed by atoms with Gasteiger partial charge in [0.15, 0.2) is 6.10 Å². The van der Waals surface area contributed by atoms with E-state index in [2.05, 4.69) is 135 Å². The fourth-order valence-corrected chi connectivity index (χ4v) is 13.0. The highest BCUT2D eigenvalue weighted by atomic mass is 16.7. The number of carbonyl (C=O) groups excluding carboxylic acids is 2. The van der Waals surface area contributed by atoms with Crippen molar-refractivity contribution in [2.45, 2.75) is 424 Å². The fourth-order valence-electron chi connectivity index (χ4n) is 13.0. The molecule has 0 aromatic rings. The van der Waals surface area contributed by atoms with Crippen molar-refractivity contribution in [3.05, 3.63) is 122 Å². The fraction of sp³-hybridized carbons (Fsp3) is 0.760. The van der Waals surface area contributed by atoms with Crippen LogP contribution in [0.2, 0.25) is 0 Å². The highest BCUT2D eigenvalue weighted by Crippen LogP contribution is 2.20. The van der Waals surface area contributed by atoms with Gasteiger partial charge in [-0.15, -0.1) is 0 Å². The van der Waals surface area contributed by atoms with E-state index in [0.717, 1.165) is 103 Å². The molecule has 1 N–H and O–H groups in total. The van der Waals surface area contributed by atoms with Crippen LogP contribution in [0.15, 0.2) is 122 Å². The van der Waals surface area contributed by atoms with Gasteiger partial charge in [0.05, 0.1) is 34.4 Å². The van der Waals surface area contributed by atoms with Crippen molar-refractivity contribution in [2.24, 2.45) is 0 Å². The van der Waals surface area contributed by atoms with E-state index >= 15 is 0 Å². The number of carboxylic acid groups (broad SMARTS) is 1. The van der Waals surface area contributed by atoms with Gasteiger partial charge in [0.25, 0.3) is 6.29 Å². The Bertz CT molecular complexity index is 2160. The molecule has 0 saturated heterocycles. The maximum atomic E-state index is 13.0. The third kappa shape index (κ3) is 86.8. The van der Waals surface area contributed by atoms with Crippen LogP contribution >= 0.6 is 0 Å². The minimum atomic E-state index is -1.51. The van der Waals surface area contributed by atoms with Crippen molar-refractivity contribution in [3.8, 4) is 0 Å². The molecule has 2 unspecified atom stereocenters. The molecule has 0 aliphatic heterocycles. The predicted molar refractivity (Wildman–Crippen MR) is 456 cm³/mol. The highest BCUT2D eigenvalue weighted by Gasteiger charge is 2.25. The Hall–Kier alpha value is -4.31. The molecule has 0 aliphatic rings. The summed E-state index contributed by atoms with van der Waals surface area (Å²) in [6.45, 7) is 4.71. The lowest BCUT2D eigenvalue weighted by Crippen LogP contribution is -2.40. The van der Waals surface area contributed by atoms with Crippen molar-refractivity contribution in [1.29, 1.82) is 0 Å². The van der Waals surface area contributed by atoms with Crippen LogP contribution in [0.4, 0.5) is 0 Å². The molecular formula is C96H170NO8+. The van der Waals surface area contributed by atoms with E-state index in [1.54, 1.807) is 0 Å². The van der Waals surface area contributed by atoms with Gasteiger partial charge in [-0.2, -0.15) is 0 Å². The largest absolute Gasteiger partial charge is 0.477 e. The molecule has 0 rings (SSSR count). The number of ether oxygens (including phenoxy) is 4. The molecule has 0 spiro atoms. The third-order valence-electron chi connectivity index (χ3n) is 19.7. The van der Waals surface area contributed by atoms with E-state index in [9.17, 15) is 19.5 Å². The maximum Gasteiger partial charge on any atom is 0.361 e. The normalized spacial score (nSPS) is 13.2. The van der Waals surface area contributed by atoms with Gasteiger partial charge in [0, 0.05) is 12.8 Å². The summed E-state index contributed by atoms with van der Waals surface area (Å²) in [5.41, 5.74) is 0. The molecule has 0 aromatic heterocycles. The zero-order valence-corrected chi connectivity index (χ0v) is 69.6. The smallest absolute Gasteiger partial charge is 0.361 e. The molecule has 0 fully saturated rings.